The highest BCUT2D eigenvalue weighted by atomic mass is 35.5. The van der Waals surface area contributed by atoms with E-state index in [1.54, 1.807) is 0 Å². The van der Waals surface area contributed by atoms with Crippen LogP contribution in [0, 0.1) is 11.8 Å². The standard InChI is InChI=1S/C11H19NO2.ClH/c1-12-6-5-9(11(13)14)7-10(12)8-3-2-4-8;/h8-10H,2-7H2,1H3,(H,13,14);1H. The molecule has 0 aromatic heterocycles. The maximum absolute atomic E-state index is 10.9. The van der Waals surface area contributed by atoms with Crippen molar-refractivity contribution in [3.63, 3.8) is 0 Å². The molecule has 0 amide bonds. The van der Waals surface area contributed by atoms with Gasteiger partial charge in [0.2, 0.25) is 0 Å². The summed E-state index contributed by atoms with van der Waals surface area (Å²) in [6, 6.07) is 0.540. The highest BCUT2D eigenvalue weighted by molar-refractivity contribution is 5.85. The van der Waals surface area contributed by atoms with Gasteiger partial charge in [0.25, 0.3) is 0 Å². The largest absolute Gasteiger partial charge is 0.481 e. The number of halogens is 1. The summed E-state index contributed by atoms with van der Waals surface area (Å²) in [5.74, 6) is 0.0985. The minimum absolute atomic E-state index is 0. The third-order valence-electron chi connectivity index (χ3n) is 3.97. The summed E-state index contributed by atoms with van der Waals surface area (Å²) in [6.45, 7) is 0.956. The van der Waals surface area contributed by atoms with Gasteiger partial charge in [0.15, 0.2) is 0 Å². The molecule has 1 N–H and O–H groups in total. The number of nitrogens with zero attached hydrogens (tertiary/aromatic N) is 1. The van der Waals surface area contributed by atoms with Crippen LogP contribution in [0.1, 0.15) is 32.1 Å². The van der Waals surface area contributed by atoms with Crippen LogP contribution < -0.4 is 0 Å². The van der Waals surface area contributed by atoms with Gasteiger partial charge in [-0.05, 0) is 45.2 Å². The zero-order valence-electron chi connectivity index (χ0n) is 9.19. The van der Waals surface area contributed by atoms with E-state index in [9.17, 15) is 4.79 Å². The Hall–Kier alpha value is -0.280. The van der Waals surface area contributed by atoms with Gasteiger partial charge in [0, 0.05) is 6.04 Å². The maximum atomic E-state index is 10.9. The average molecular weight is 234 g/mol. The van der Waals surface area contributed by atoms with Crippen molar-refractivity contribution < 1.29 is 9.90 Å². The van der Waals surface area contributed by atoms with Gasteiger partial charge in [0.05, 0.1) is 5.92 Å². The molecule has 4 heteroatoms. The third kappa shape index (κ3) is 2.64. The van der Waals surface area contributed by atoms with Crippen LogP contribution in [-0.4, -0.2) is 35.6 Å². The van der Waals surface area contributed by atoms with Gasteiger partial charge in [-0.25, -0.2) is 0 Å². The van der Waals surface area contributed by atoms with Crippen LogP contribution in [0.15, 0.2) is 0 Å². The summed E-state index contributed by atoms with van der Waals surface area (Å²) in [7, 11) is 2.14. The number of hydrogen-bond acceptors (Lipinski definition) is 2. The quantitative estimate of drug-likeness (QED) is 0.793. The van der Waals surface area contributed by atoms with Gasteiger partial charge in [0.1, 0.15) is 0 Å². The Balaban J connectivity index is 0.00000112. The number of carboxylic acid groups (broad SMARTS) is 1. The van der Waals surface area contributed by atoms with Crippen molar-refractivity contribution in [3.05, 3.63) is 0 Å². The third-order valence-corrected chi connectivity index (χ3v) is 3.97. The van der Waals surface area contributed by atoms with Gasteiger partial charge < -0.3 is 10.0 Å². The number of hydrogen-bond donors (Lipinski definition) is 1. The SMILES string of the molecule is CN1CCC(C(=O)O)CC1C1CCC1.Cl. The molecule has 88 valence electrons. The fourth-order valence-corrected chi connectivity index (χ4v) is 2.72. The van der Waals surface area contributed by atoms with Crippen LogP contribution in [0.25, 0.3) is 0 Å². The highest BCUT2D eigenvalue weighted by Crippen LogP contribution is 2.37. The molecule has 3 nitrogen and oxygen atoms in total. The second kappa shape index (κ2) is 5.17. The van der Waals surface area contributed by atoms with E-state index in [-0.39, 0.29) is 18.3 Å². The summed E-state index contributed by atoms with van der Waals surface area (Å²) < 4.78 is 0. The molecule has 0 radical (unpaired) electrons. The second-order valence-corrected chi connectivity index (χ2v) is 4.80. The van der Waals surface area contributed by atoms with Crippen LogP contribution in [0.5, 0.6) is 0 Å². The molecule has 2 atom stereocenters. The summed E-state index contributed by atoms with van der Waals surface area (Å²) in [6.07, 6.45) is 5.65. The Bertz CT molecular complexity index is 229. The van der Waals surface area contributed by atoms with Crippen LogP contribution >= 0.6 is 12.4 Å². The number of piperidine rings is 1. The molecule has 1 aliphatic heterocycles. The highest BCUT2D eigenvalue weighted by Gasteiger charge is 2.36. The average Bonchev–Trinajstić information content (AvgIpc) is 2.05. The maximum Gasteiger partial charge on any atom is 0.306 e. The van der Waals surface area contributed by atoms with Crippen molar-refractivity contribution >= 4 is 18.4 Å². The monoisotopic (exact) mass is 233 g/mol. The first kappa shape index (κ1) is 12.8. The lowest BCUT2D eigenvalue weighted by Crippen LogP contribution is -2.47. The predicted molar refractivity (Wildman–Crippen MR) is 61.4 cm³/mol. The molecule has 1 aliphatic carbocycles. The van der Waals surface area contributed by atoms with Gasteiger partial charge in [-0.3, -0.25) is 4.79 Å². The lowest BCUT2D eigenvalue weighted by Gasteiger charge is -2.43. The lowest BCUT2D eigenvalue weighted by atomic mass is 9.74. The van der Waals surface area contributed by atoms with Gasteiger partial charge in [-0.2, -0.15) is 0 Å². The van der Waals surface area contributed by atoms with E-state index in [4.69, 9.17) is 5.11 Å². The molecule has 0 bridgehead atoms. The first-order valence-electron chi connectivity index (χ1n) is 5.61. The zero-order valence-corrected chi connectivity index (χ0v) is 10.0. The van der Waals surface area contributed by atoms with Crippen molar-refractivity contribution in [2.75, 3.05) is 13.6 Å². The molecular formula is C11H20ClNO2. The van der Waals surface area contributed by atoms with E-state index in [0.29, 0.717) is 6.04 Å². The van der Waals surface area contributed by atoms with Crippen LogP contribution in [-0.2, 0) is 4.79 Å². The van der Waals surface area contributed by atoms with Crippen molar-refractivity contribution in [3.8, 4) is 0 Å². The summed E-state index contributed by atoms with van der Waals surface area (Å²) in [5.41, 5.74) is 0. The van der Waals surface area contributed by atoms with E-state index in [2.05, 4.69) is 11.9 Å². The van der Waals surface area contributed by atoms with E-state index < -0.39 is 5.97 Å². The lowest BCUT2D eigenvalue weighted by molar-refractivity contribution is -0.144. The number of carbonyl (C=O) groups is 1. The number of carboxylic acids is 1. The molecule has 0 aromatic rings. The van der Waals surface area contributed by atoms with Crippen molar-refractivity contribution in [1.29, 1.82) is 0 Å². The fourth-order valence-electron chi connectivity index (χ4n) is 2.72. The van der Waals surface area contributed by atoms with E-state index >= 15 is 0 Å². The topological polar surface area (TPSA) is 40.5 Å². The van der Waals surface area contributed by atoms with E-state index in [1.807, 2.05) is 0 Å². The molecular weight excluding hydrogens is 214 g/mol. The zero-order chi connectivity index (χ0) is 10.1. The Labute approximate surface area is 97.2 Å². The normalized spacial score (nSPS) is 32.9. The van der Waals surface area contributed by atoms with Crippen molar-refractivity contribution in [2.45, 2.75) is 38.1 Å². The minimum atomic E-state index is -0.595. The molecule has 2 unspecified atom stereocenters. The van der Waals surface area contributed by atoms with Crippen LogP contribution in [0.3, 0.4) is 0 Å². The van der Waals surface area contributed by atoms with E-state index in [0.717, 1.165) is 25.3 Å². The Kier molecular flexibility index (Phi) is 4.41. The summed E-state index contributed by atoms with van der Waals surface area (Å²) >= 11 is 0. The van der Waals surface area contributed by atoms with Gasteiger partial charge in [-0.1, -0.05) is 6.42 Å². The molecule has 15 heavy (non-hydrogen) atoms. The fraction of sp³-hybridized carbons (Fsp3) is 0.909. The molecule has 2 fully saturated rings. The second-order valence-electron chi connectivity index (χ2n) is 4.80. The number of rotatable bonds is 2. The van der Waals surface area contributed by atoms with Crippen LogP contribution in [0.2, 0.25) is 0 Å². The van der Waals surface area contributed by atoms with Gasteiger partial charge in [-0.15, -0.1) is 12.4 Å². The first-order valence-corrected chi connectivity index (χ1v) is 5.61. The summed E-state index contributed by atoms with van der Waals surface area (Å²) in [5, 5.41) is 9.00. The van der Waals surface area contributed by atoms with Gasteiger partial charge >= 0.3 is 5.97 Å². The molecule has 1 saturated carbocycles. The Morgan fingerprint density at radius 1 is 1.33 bits per heavy atom. The number of likely N-dealkylation sites (tertiary alicyclic amines) is 1. The van der Waals surface area contributed by atoms with Crippen LogP contribution in [0.4, 0.5) is 0 Å². The van der Waals surface area contributed by atoms with Crippen molar-refractivity contribution in [1.82, 2.24) is 4.90 Å². The Morgan fingerprint density at radius 2 is 2.00 bits per heavy atom. The first-order chi connectivity index (χ1) is 6.68. The Morgan fingerprint density at radius 3 is 2.47 bits per heavy atom. The molecule has 1 heterocycles. The molecule has 2 rings (SSSR count). The smallest absolute Gasteiger partial charge is 0.306 e. The van der Waals surface area contributed by atoms with Crippen molar-refractivity contribution in [2.24, 2.45) is 11.8 Å². The minimum Gasteiger partial charge on any atom is -0.481 e. The van der Waals surface area contributed by atoms with E-state index in [1.165, 1.54) is 19.3 Å². The molecule has 0 spiro atoms. The predicted octanol–water partition coefficient (Wildman–Crippen LogP) is 2.00. The molecule has 0 aromatic carbocycles. The molecule has 1 saturated heterocycles. The molecule has 2 aliphatic rings. The summed E-state index contributed by atoms with van der Waals surface area (Å²) in [4.78, 5) is 13.3. The number of aliphatic carboxylic acids is 1.